The van der Waals surface area contributed by atoms with Crippen molar-refractivity contribution in [2.24, 2.45) is 0 Å². The SMILES string of the molecule is COc1ccc(CNC(=O)CCc2ccccc2)cc1F. The average molecular weight is 287 g/mol. The first-order valence-electron chi connectivity index (χ1n) is 6.82. The number of aryl methyl sites for hydroxylation is 1. The fourth-order valence-electron chi connectivity index (χ4n) is 2.01. The minimum absolute atomic E-state index is 0.0462. The van der Waals surface area contributed by atoms with E-state index in [1.165, 1.54) is 13.2 Å². The molecule has 0 aliphatic rings. The molecule has 0 spiro atoms. The first-order chi connectivity index (χ1) is 10.2. The van der Waals surface area contributed by atoms with Crippen LogP contribution in [0.4, 0.5) is 4.39 Å². The number of nitrogens with one attached hydrogen (secondary N) is 1. The van der Waals surface area contributed by atoms with Gasteiger partial charge in [-0.3, -0.25) is 4.79 Å². The Morgan fingerprint density at radius 3 is 2.57 bits per heavy atom. The Balaban J connectivity index is 1.80. The van der Waals surface area contributed by atoms with E-state index in [0.717, 1.165) is 5.56 Å². The summed E-state index contributed by atoms with van der Waals surface area (Å²) in [4.78, 5) is 11.8. The Labute approximate surface area is 123 Å². The summed E-state index contributed by atoms with van der Waals surface area (Å²) >= 11 is 0. The van der Waals surface area contributed by atoms with Gasteiger partial charge in [0.05, 0.1) is 7.11 Å². The van der Waals surface area contributed by atoms with Crippen LogP contribution in [-0.2, 0) is 17.8 Å². The lowest BCUT2D eigenvalue weighted by atomic mass is 10.1. The molecule has 110 valence electrons. The summed E-state index contributed by atoms with van der Waals surface area (Å²) < 4.78 is 18.4. The Morgan fingerprint density at radius 2 is 1.90 bits per heavy atom. The van der Waals surface area contributed by atoms with E-state index in [1.807, 2.05) is 30.3 Å². The zero-order valence-corrected chi connectivity index (χ0v) is 11.9. The van der Waals surface area contributed by atoms with Crippen molar-refractivity contribution in [2.75, 3.05) is 7.11 Å². The molecular formula is C17H18FNO2. The van der Waals surface area contributed by atoms with Crippen LogP contribution in [0, 0.1) is 5.82 Å². The van der Waals surface area contributed by atoms with Crippen LogP contribution in [0.2, 0.25) is 0 Å². The van der Waals surface area contributed by atoms with E-state index in [9.17, 15) is 9.18 Å². The highest BCUT2D eigenvalue weighted by atomic mass is 19.1. The van der Waals surface area contributed by atoms with Crippen molar-refractivity contribution >= 4 is 5.91 Å². The second kappa shape index (κ2) is 7.43. The maximum absolute atomic E-state index is 13.5. The van der Waals surface area contributed by atoms with Gasteiger partial charge in [-0.15, -0.1) is 0 Å². The summed E-state index contributed by atoms with van der Waals surface area (Å²) in [5.41, 5.74) is 1.84. The maximum Gasteiger partial charge on any atom is 0.220 e. The van der Waals surface area contributed by atoms with Crippen LogP contribution >= 0.6 is 0 Å². The van der Waals surface area contributed by atoms with Gasteiger partial charge in [0.1, 0.15) is 0 Å². The number of benzene rings is 2. The van der Waals surface area contributed by atoms with Gasteiger partial charge < -0.3 is 10.1 Å². The standard InChI is InChI=1S/C17H18FNO2/c1-21-16-9-7-14(11-15(16)18)12-19-17(20)10-8-13-5-3-2-4-6-13/h2-7,9,11H,8,10,12H2,1H3,(H,19,20). The third-order valence-electron chi connectivity index (χ3n) is 3.19. The van der Waals surface area contributed by atoms with Gasteiger partial charge in [0.15, 0.2) is 11.6 Å². The van der Waals surface area contributed by atoms with Crippen LogP contribution in [0.25, 0.3) is 0 Å². The number of methoxy groups -OCH3 is 1. The quantitative estimate of drug-likeness (QED) is 0.886. The summed E-state index contributed by atoms with van der Waals surface area (Å²) in [6.45, 7) is 0.314. The highest BCUT2D eigenvalue weighted by Gasteiger charge is 2.05. The summed E-state index contributed by atoms with van der Waals surface area (Å²) in [6, 6.07) is 14.5. The fraction of sp³-hybridized carbons (Fsp3) is 0.235. The second-order valence-electron chi connectivity index (χ2n) is 4.73. The molecule has 0 atom stereocenters. The monoisotopic (exact) mass is 287 g/mol. The third-order valence-corrected chi connectivity index (χ3v) is 3.19. The third kappa shape index (κ3) is 4.60. The molecule has 3 nitrogen and oxygen atoms in total. The lowest BCUT2D eigenvalue weighted by molar-refractivity contribution is -0.121. The molecule has 2 aromatic rings. The van der Waals surface area contributed by atoms with E-state index >= 15 is 0 Å². The zero-order chi connectivity index (χ0) is 15.1. The summed E-state index contributed by atoms with van der Waals surface area (Å²) in [7, 11) is 1.42. The molecule has 21 heavy (non-hydrogen) atoms. The Kier molecular flexibility index (Phi) is 5.32. The van der Waals surface area contributed by atoms with Crippen LogP contribution in [0.1, 0.15) is 17.5 Å². The number of ether oxygens (including phenoxy) is 1. The zero-order valence-electron chi connectivity index (χ0n) is 11.9. The van der Waals surface area contributed by atoms with Gasteiger partial charge >= 0.3 is 0 Å². The predicted octanol–water partition coefficient (Wildman–Crippen LogP) is 3.08. The van der Waals surface area contributed by atoms with Crippen LogP contribution in [-0.4, -0.2) is 13.0 Å². The van der Waals surface area contributed by atoms with Gasteiger partial charge in [-0.2, -0.15) is 0 Å². The van der Waals surface area contributed by atoms with Crippen LogP contribution in [0.15, 0.2) is 48.5 Å². The van der Waals surface area contributed by atoms with E-state index < -0.39 is 5.82 Å². The van der Waals surface area contributed by atoms with Crippen LogP contribution in [0.5, 0.6) is 5.75 Å². The van der Waals surface area contributed by atoms with Crippen molar-refractivity contribution in [2.45, 2.75) is 19.4 Å². The minimum atomic E-state index is -0.423. The van der Waals surface area contributed by atoms with E-state index in [4.69, 9.17) is 4.74 Å². The van der Waals surface area contributed by atoms with Gasteiger partial charge in [0.2, 0.25) is 5.91 Å². The van der Waals surface area contributed by atoms with Gasteiger partial charge in [0, 0.05) is 13.0 Å². The molecule has 0 fully saturated rings. The molecule has 0 aromatic heterocycles. The summed E-state index contributed by atoms with van der Waals surface area (Å²) in [6.07, 6.45) is 1.12. The van der Waals surface area contributed by atoms with E-state index in [-0.39, 0.29) is 11.7 Å². The van der Waals surface area contributed by atoms with Crippen molar-refractivity contribution in [1.82, 2.24) is 5.32 Å². The number of amides is 1. The van der Waals surface area contributed by atoms with Gasteiger partial charge in [-0.1, -0.05) is 36.4 Å². The molecule has 1 N–H and O–H groups in total. The minimum Gasteiger partial charge on any atom is -0.494 e. The topological polar surface area (TPSA) is 38.3 Å². The van der Waals surface area contributed by atoms with Gasteiger partial charge in [-0.25, -0.2) is 4.39 Å². The molecule has 4 heteroatoms. The van der Waals surface area contributed by atoms with E-state index in [2.05, 4.69) is 5.32 Å². The number of carbonyl (C=O) groups excluding carboxylic acids is 1. The Morgan fingerprint density at radius 1 is 1.14 bits per heavy atom. The van der Waals surface area contributed by atoms with Crippen molar-refractivity contribution in [1.29, 1.82) is 0 Å². The molecule has 0 bridgehead atoms. The first kappa shape index (κ1) is 15.0. The average Bonchev–Trinajstić information content (AvgIpc) is 2.52. The second-order valence-corrected chi connectivity index (χ2v) is 4.73. The molecule has 0 unspecified atom stereocenters. The number of hydrogen-bond donors (Lipinski definition) is 1. The largest absolute Gasteiger partial charge is 0.494 e. The molecule has 0 saturated carbocycles. The predicted molar refractivity (Wildman–Crippen MR) is 79.6 cm³/mol. The first-order valence-corrected chi connectivity index (χ1v) is 6.82. The number of hydrogen-bond acceptors (Lipinski definition) is 2. The molecule has 2 aromatic carbocycles. The van der Waals surface area contributed by atoms with Gasteiger partial charge in [-0.05, 0) is 29.7 Å². The summed E-state index contributed by atoms with van der Waals surface area (Å²) in [5, 5.41) is 2.79. The van der Waals surface area contributed by atoms with Crippen LogP contribution < -0.4 is 10.1 Å². The van der Waals surface area contributed by atoms with Crippen molar-refractivity contribution in [3.8, 4) is 5.75 Å². The lowest BCUT2D eigenvalue weighted by Gasteiger charge is -2.07. The molecule has 0 aliphatic heterocycles. The van der Waals surface area contributed by atoms with Crippen LogP contribution in [0.3, 0.4) is 0 Å². The summed E-state index contributed by atoms with van der Waals surface area (Å²) in [5.74, 6) is -0.266. The highest BCUT2D eigenvalue weighted by molar-refractivity contribution is 5.76. The van der Waals surface area contributed by atoms with E-state index in [1.54, 1.807) is 12.1 Å². The fourth-order valence-corrected chi connectivity index (χ4v) is 2.01. The Bertz CT molecular complexity index is 599. The van der Waals surface area contributed by atoms with Crippen molar-refractivity contribution < 1.29 is 13.9 Å². The van der Waals surface area contributed by atoms with Crippen molar-refractivity contribution in [3.05, 3.63) is 65.5 Å². The lowest BCUT2D eigenvalue weighted by Crippen LogP contribution is -2.23. The number of carbonyl (C=O) groups is 1. The number of rotatable bonds is 6. The van der Waals surface area contributed by atoms with Gasteiger partial charge in [0.25, 0.3) is 0 Å². The molecule has 0 heterocycles. The van der Waals surface area contributed by atoms with Crippen molar-refractivity contribution in [3.63, 3.8) is 0 Å². The molecule has 0 saturated heterocycles. The molecule has 1 amide bonds. The normalized spacial score (nSPS) is 10.2. The smallest absolute Gasteiger partial charge is 0.220 e. The van der Waals surface area contributed by atoms with E-state index in [0.29, 0.717) is 24.9 Å². The molecule has 2 rings (SSSR count). The molecule has 0 aliphatic carbocycles. The maximum atomic E-state index is 13.5. The highest BCUT2D eigenvalue weighted by Crippen LogP contribution is 2.17. The number of halogens is 1. The Hall–Kier alpha value is -2.36. The molecular weight excluding hydrogens is 269 g/mol. The molecule has 0 radical (unpaired) electrons.